The Morgan fingerprint density at radius 3 is 2.14 bits per heavy atom. The predicted octanol–water partition coefficient (Wildman–Crippen LogP) is 6.64. The van der Waals surface area contributed by atoms with E-state index in [1.807, 2.05) is 99.6 Å². The highest BCUT2D eigenvalue weighted by Gasteiger charge is 2.54. The Bertz CT molecular complexity index is 2070. The van der Waals surface area contributed by atoms with Gasteiger partial charge in [-0.2, -0.15) is 0 Å². The third-order valence-corrected chi connectivity index (χ3v) is 12.2. The Kier molecular flexibility index (Phi) is 12.8. The largest absolute Gasteiger partial charge is 0.697 e. The lowest BCUT2D eigenvalue weighted by atomic mass is 9.77. The van der Waals surface area contributed by atoms with Crippen molar-refractivity contribution in [3.8, 4) is 11.5 Å². The summed E-state index contributed by atoms with van der Waals surface area (Å²) < 4.78 is 41.9. The first-order valence-electron chi connectivity index (χ1n) is 18.1. The second-order valence-electron chi connectivity index (χ2n) is 14.2. The number of nitrogens with one attached hydrogen (secondary N) is 1. The van der Waals surface area contributed by atoms with Crippen LogP contribution in [0, 0.1) is 5.41 Å². The van der Waals surface area contributed by atoms with Crippen molar-refractivity contribution in [2.45, 2.75) is 63.7 Å². The van der Waals surface area contributed by atoms with Crippen LogP contribution in [0.4, 0.5) is 5.82 Å². The summed E-state index contributed by atoms with van der Waals surface area (Å²) in [5.41, 5.74) is 0.0449. The topological polar surface area (TPSA) is 176 Å². The molecule has 0 aliphatic carbocycles. The fraction of sp³-hybridized carbons (Fsp3) is 0.400. The van der Waals surface area contributed by atoms with E-state index in [0.29, 0.717) is 40.7 Å². The Hall–Kier alpha value is -4.47. The molecule has 0 bridgehead atoms. The van der Waals surface area contributed by atoms with E-state index in [-0.39, 0.29) is 18.3 Å². The van der Waals surface area contributed by atoms with E-state index < -0.39 is 43.2 Å². The third-order valence-electron chi connectivity index (χ3n) is 10.2. The number of nitrogens with zero attached hydrogens (tertiary/aromatic N) is 4. The van der Waals surface area contributed by atoms with Gasteiger partial charge in [-0.25, -0.2) is 15.0 Å². The second kappa shape index (κ2) is 17.3. The normalized spacial score (nSPS) is 20.2. The number of aliphatic hydroxyl groups is 2. The molecular weight excluding hydrogens is 758 g/mol. The van der Waals surface area contributed by atoms with E-state index in [4.69, 9.17) is 23.3 Å². The number of aromatic nitrogens is 4. The first-order chi connectivity index (χ1) is 26.8. The van der Waals surface area contributed by atoms with Crippen LogP contribution in [0.5, 0.6) is 11.5 Å². The summed E-state index contributed by atoms with van der Waals surface area (Å²) >= 11 is 1.12. The summed E-state index contributed by atoms with van der Waals surface area (Å²) in [5, 5.41) is 26.5. The van der Waals surface area contributed by atoms with Crippen molar-refractivity contribution >= 4 is 42.1 Å². The number of methoxy groups -OCH3 is 2. The minimum Gasteiger partial charge on any atom is -0.497 e. The number of ether oxygens (including phenoxy) is 3. The Morgan fingerprint density at radius 1 is 0.946 bits per heavy atom. The minimum absolute atomic E-state index is 0.0272. The molecule has 3 N–H and O–H groups in total. The molecule has 5 atom stereocenters. The second-order valence-corrected chi connectivity index (χ2v) is 16.2. The van der Waals surface area contributed by atoms with E-state index >= 15 is 0 Å². The van der Waals surface area contributed by atoms with Crippen molar-refractivity contribution in [2.75, 3.05) is 38.5 Å². The molecule has 2 unspecified atom stereocenters. The molecule has 1 aliphatic heterocycles. The van der Waals surface area contributed by atoms with Gasteiger partial charge in [0.25, 0.3) is 0 Å². The Balaban J connectivity index is 1.27. The van der Waals surface area contributed by atoms with Crippen molar-refractivity contribution in [1.29, 1.82) is 0 Å². The molecule has 0 amide bonds. The summed E-state index contributed by atoms with van der Waals surface area (Å²) in [6.07, 6.45) is -0.121. The maximum Gasteiger partial charge on any atom is 0.697 e. The molecule has 16 heteroatoms. The van der Waals surface area contributed by atoms with Crippen molar-refractivity contribution in [3.05, 3.63) is 108 Å². The number of imidazole rings is 1. The van der Waals surface area contributed by atoms with Gasteiger partial charge in [-0.15, -0.1) is 9.05 Å². The van der Waals surface area contributed by atoms with Gasteiger partial charge in [0.15, 0.2) is 28.3 Å². The lowest BCUT2D eigenvalue weighted by molar-refractivity contribution is -0.118. The van der Waals surface area contributed by atoms with Crippen LogP contribution in [0.15, 0.2) is 91.5 Å². The molecule has 1 aliphatic rings. The highest BCUT2D eigenvalue weighted by Crippen LogP contribution is 2.44. The molecule has 3 heterocycles. The molecular formula is C40H47N5O9PS+. The summed E-state index contributed by atoms with van der Waals surface area (Å²) in [6.45, 7) is 6.83. The van der Waals surface area contributed by atoms with E-state index in [2.05, 4.69) is 20.3 Å². The number of aliphatic hydroxyl groups excluding tert-OH is 1. The number of hydrogen-bond donors (Lipinski definition) is 3. The maximum atomic E-state index is 12.5. The summed E-state index contributed by atoms with van der Waals surface area (Å²) in [4.78, 5) is 26.2. The molecule has 14 nitrogen and oxygen atoms in total. The summed E-state index contributed by atoms with van der Waals surface area (Å²) in [6, 6.07) is 25.5. The van der Waals surface area contributed by atoms with Crippen LogP contribution in [0.3, 0.4) is 0 Å². The Morgan fingerprint density at radius 2 is 1.55 bits per heavy atom. The molecule has 1 fully saturated rings. The number of carbonyl (C=O) groups is 1. The number of benzene rings is 3. The SMILES string of the molecule is CCC(C)(C)C(=O)SCCO[P+](=O)OC[C@H]1O[C@@H](n2cnc3c(NC(c4ccccc4)(c4ccc(OC)cc4)c4ccc(OC)cc4)ncnc32)C(C)(O)[C@H]1O. The molecule has 2 aromatic heterocycles. The van der Waals surface area contributed by atoms with Crippen molar-refractivity contribution in [1.82, 2.24) is 19.5 Å². The average Bonchev–Trinajstić information content (AvgIpc) is 3.75. The number of rotatable bonds is 17. The number of anilines is 1. The van der Waals surface area contributed by atoms with E-state index in [9.17, 15) is 19.6 Å². The van der Waals surface area contributed by atoms with E-state index in [1.54, 1.807) is 14.2 Å². The molecule has 0 radical (unpaired) electrons. The standard InChI is InChI=1S/C40H47N5O9PS/c1-7-38(2,3)37(47)56-22-21-52-55(49)53-23-31-33(46)39(4,48)36(54-31)45-25-43-32-34(41-24-42-35(32)45)44-40(26-11-9-8-10-12-26,27-13-17-29(50-5)18-14-27)28-15-19-30(51-6)20-16-28/h8-20,24-25,31,33,36,46,48H,7,21-23H2,1-6H3,(H,41,42,44)/q+1/t31-,33+,36-,39?/m1/s1. The van der Waals surface area contributed by atoms with Crippen LogP contribution >= 0.6 is 20.0 Å². The van der Waals surface area contributed by atoms with E-state index in [1.165, 1.54) is 24.1 Å². The van der Waals surface area contributed by atoms with Gasteiger partial charge >= 0.3 is 8.25 Å². The smallest absolute Gasteiger partial charge is 0.497 e. The van der Waals surface area contributed by atoms with Crippen LogP contribution in [0.25, 0.3) is 11.2 Å². The first-order valence-corrected chi connectivity index (χ1v) is 20.2. The van der Waals surface area contributed by atoms with Crippen LogP contribution in [-0.2, 0) is 28.7 Å². The first kappa shape index (κ1) is 41.2. The number of hydrogen-bond acceptors (Lipinski definition) is 14. The zero-order valence-electron chi connectivity index (χ0n) is 32.1. The fourth-order valence-electron chi connectivity index (χ4n) is 6.51. The summed E-state index contributed by atoms with van der Waals surface area (Å²) in [5.74, 6) is 2.09. The van der Waals surface area contributed by atoms with Crippen LogP contribution < -0.4 is 14.8 Å². The van der Waals surface area contributed by atoms with Crippen molar-refractivity contribution in [3.63, 3.8) is 0 Å². The molecule has 296 valence electrons. The van der Waals surface area contributed by atoms with Crippen LogP contribution in [0.1, 0.15) is 57.0 Å². The van der Waals surface area contributed by atoms with Crippen LogP contribution in [0.2, 0.25) is 0 Å². The van der Waals surface area contributed by atoms with Gasteiger partial charge in [-0.3, -0.25) is 9.36 Å². The van der Waals surface area contributed by atoms with Gasteiger partial charge in [0.2, 0.25) is 0 Å². The highest BCUT2D eigenvalue weighted by molar-refractivity contribution is 8.13. The predicted molar refractivity (Wildman–Crippen MR) is 213 cm³/mol. The highest BCUT2D eigenvalue weighted by atomic mass is 32.2. The lowest BCUT2D eigenvalue weighted by Crippen LogP contribution is -2.44. The number of carbonyl (C=O) groups excluding carboxylic acids is 1. The maximum absolute atomic E-state index is 12.5. The molecule has 1 saturated heterocycles. The minimum atomic E-state index is -2.59. The van der Waals surface area contributed by atoms with E-state index in [0.717, 1.165) is 28.5 Å². The Labute approximate surface area is 330 Å². The molecule has 3 aromatic carbocycles. The quantitative estimate of drug-likeness (QED) is 0.0518. The third kappa shape index (κ3) is 8.30. The summed E-state index contributed by atoms with van der Waals surface area (Å²) in [7, 11) is 0.647. The van der Waals surface area contributed by atoms with Gasteiger partial charge in [0.1, 0.15) is 54.4 Å². The van der Waals surface area contributed by atoms with Gasteiger partial charge in [-0.05, 0) is 54.3 Å². The van der Waals surface area contributed by atoms with Crippen molar-refractivity contribution in [2.24, 2.45) is 5.41 Å². The van der Waals surface area contributed by atoms with Gasteiger partial charge in [0.05, 0.1) is 20.5 Å². The number of fused-ring (bicyclic) bond motifs is 1. The zero-order valence-corrected chi connectivity index (χ0v) is 33.8. The molecule has 56 heavy (non-hydrogen) atoms. The van der Waals surface area contributed by atoms with Gasteiger partial charge < -0.3 is 29.7 Å². The van der Waals surface area contributed by atoms with Crippen molar-refractivity contribution < 1.29 is 42.8 Å². The lowest BCUT2D eigenvalue weighted by Gasteiger charge is -2.37. The molecule has 0 spiro atoms. The van der Waals surface area contributed by atoms with Gasteiger partial charge in [0, 0.05) is 15.7 Å². The molecule has 5 aromatic rings. The number of thioether (sulfide) groups is 1. The fourth-order valence-corrected chi connectivity index (χ4v) is 8.11. The molecule has 0 saturated carbocycles. The monoisotopic (exact) mass is 804 g/mol. The van der Waals surface area contributed by atoms with Gasteiger partial charge in [-0.1, -0.05) is 87.1 Å². The molecule has 6 rings (SSSR count). The zero-order chi connectivity index (χ0) is 40.1. The van der Waals surface area contributed by atoms with Crippen LogP contribution in [-0.4, -0.2) is 85.8 Å². The average molecular weight is 805 g/mol.